The summed E-state index contributed by atoms with van der Waals surface area (Å²) >= 11 is 5.90. The van der Waals surface area contributed by atoms with Crippen LogP contribution in [-0.2, 0) is 16.0 Å². The number of hydrogen-bond acceptors (Lipinski definition) is 3. The van der Waals surface area contributed by atoms with Crippen LogP contribution in [0.15, 0.2) is 78.9 Å². The Hall–Kier alpha value is -3.84. The van der Waals surface area contributed by atoms with Crippen molar-refractivity contribution in [1.29, 1.82) is 0 Å². The van der Waals surface area contributed by atoms with Gasteiger partial charge < -0.3 is 20.9 Å². The molecule has 3 N–H and O–H groups in total. The van der Waals surface area contributed by atoms with Crippen molar-refractivity contribution in [2.75, 3.05) is 22.1 Å². The molecule has 4 amide bonds. The van der Waals surface area contributed by atoms with Crippen LogP contribution in [0.3, 0.4) is 0 Å². The molecule has 3 aromatic carbocycles. The van der Waals surface area contributed by atoms with Crippen LogP contribution in [0.4, 0.5) is 21.9 Å². The summed E-state index contributed by atoms with van der Waals surface area (Å²) in [5.41, 5.74) is 2.88. The van der Waals surface area contributed by atoms with E-state index in [-0.39, 0.29) is 11.8 Å². The van der Waals surface area contributed by atoms with Gasteiger partial charge in [-0.3, -0.25) is 9.59 Å². The summed E-state index contributed by atoms with van der Waals surface area (Å²) in [6.45, 7) is 0.705. The summed E-state index contributed by atoms with van der Waals surface area (Å²) in [5.74, 6) is -0.228. The minimum absolute atomic E-state index is 0.117. The van der Waals surface area contributed by atoms with E-state index in [0.717, 1.165) is 24.1 Å². The van der Waals surface area contributed by atoms with Crippen LogP contribution in [0.5, 0.6) is 0 Å². The smallest absolute Gasteiger partial charge is 0.319 e. The third-order valence-electron chi connectivity index (χ3n) is 5.78. The summed E-state index contributed by atoms with van der Waals surface area (Å²) < 4.78 is 0. The number of halogens is 1. The van der Waals surface area contributed by atoms with E-state index in [1.165, 1.54) is 0 Å². The number of piperidine rings is 1. The van der Waals surface area contributed by atoms with E-state index >= 15 is 0 Å². The van der Waals surface area contributed by atoms with Gasteiger partial charge in [0.15, 0.2) is 0 Å². The van der Waals surface area contributed by atoms with Crippen LogP contribution in [0.2, 0.25) is 5.02 Å². The lowest BCUT2D eigenvalue weighted by Gasteiger charge is -2.27. The van der Waals surface area contributed by atoms with Crippen molar-refractivity contribution in [3.05, 3.63) is 89.4 Å². The summed E-state index contributed by atoms with van der Waals surface area (Å²) in [6, 6.07) is 22.1. The van der Waals surface area contributed by atoms with Crippen molar-refractivity contribution in [3.8, 4) is 0 Å². The predicted molar refractivity (Wildman–Crippen MR) is 139 cm³/mol. The standard InChI is InChI=1S/C27H27ClN4O3/c28-20-9-11-22(12-10-20)30-27(35)31-24(18-19-6-2-1-3-7-19)26(34)29-21-13-15-23(16-14-21)32-17-5-4-8-25(32)33/h1-3,6-7,9-16,24H,4-5,8,17-18H2,(H,29,34)(H2,30,31,35)/t24-/m0/s1. The van der Waals surface area contributed by atoms with Crippen molar-refractivity contribution in [2.24, 2.45) is 0 Å². The summed E-state index contributed by atoms with van der Waals surface area (Å²) in [7, 11) is 0. The molecule has 1 aliphatic rings. The molecule has 8 heteroatoms. The van der Waals surface area contributed by atoms with Gasteiger partial charge in [-0.25, -0.2) is 4.79 Å². The third kappa shape index (κ3) is 6.83. The van der Waals surface area contributed by atoms with Gasteiger partial charge in [-0.05, 0) is 66.9 Å². The lowest BCUT2D eigenvalue weighted by atomic mass is 10.1. The maximum Gasteiger partial charge on any atom is 0.319 e. The van der Waals surface area contributed by atoms with E-state index < -0.39 is 12.1 Å². The number of anilines is 3. The van der Waals surface area contributed by atoms with Gasteiger partial charge >= 0.3 is 6.03 Å². The maximum atomic E-state index is 13.2. The molecule has 0 aromatic heterocycles. The molecule has 0 aliphatic carbocycles. The number of carbonyl (C=O) groups excluding carboxylic acids is 3. The van der Waals surface area contributed by atoms with Gasteiger partial charge in [-0.2, -0.15) is 0 Å². The average Bonchev–Trinajstić information content (AvgIpc) is 2.86. The van der Waals surface area contributed by atoms with Crippen molar-refractivity contribution < 1.29 is 14.4 Å². The van der Waals surface area contributed by atoms with Gasteiger partial charge in [0, 0.05) is 41.5 Å². The number of amides is 4. The highest BCUT2D eigenvalue weighted by Gasteiger charge is 2.23. The first kappa shape index (κ1) is 24.3. The van der Waals surface area contributed by atoms with E-state index in [2.05, 4.69) is 16.0 Å². The number of rotatable bonds is 7. The molecule has 1 fully saturated rings. The number of nitrogens with one attached hydrogen (secondary N) is 3. The molecule has 0 spiro atoms. The van der Waals surface area contributed by atoms with E-state index in [9.17, 15) is 14.4 Å². The zero-order valence-electron chi connectivity index (χ0n) is 19.2. The molecule has 3 aromatic rings. The summed E-state index contributed by atoms with van der Waals surface area (Å²) in [5, 5.41) is 8.94. The molecule has 1 atom stereocenters. The van der Waals surface area contributed by atoms with E-state index in [1.807, 2.05) is 42.5 Å². The third-order valence-corrected chi connectivity index (χ3v) is 6.03. The summed E-state index contributed by atoms with van der Waals surface area (Å²) in [6.07, 6.45) is 2.78. The molecule has 1 saturated heterocycles. The zero-order chi connectivity index (χ0) is 24.6. The fraction of sp³-hybridized carbons (Fsp3) is 0.222. The maximum absolute atomic E-state index is 13.2. The Balaban J connectivity index is 1.43. The van der Waals surface area contributed by atoms with E-state index in [1.54, 1.807) is 41.3 Å². The summed E-state index contributed by atoms with van der Waals surface area (Å²) in [4.78, 5) is 39.7. The highest BCUT2D eigenvalue weighted by Crippen LogP contribution is 2.23. The fourth-order valence-electron chi connectivity index (χ4n) is 3.95. The van der Waals surface area contributed by atoms with Crippen LogP contribution in [0.25, 0.3) is 0 Å². The zero-order valence-corrected chi connectivity index (χ0v) is 19.9. The van der Waals surface area contributed by atoms with Gasteiger partial charge in [-0.15, -0.1) is 0 Å². The first-order chi connectivity index (χ1) is 17.0. The van der Waals surface area contributed by atoms with Crippen molar-refractivity contribution in [3.63, 3.8) is 0 Å². The van der Waals surface area contributed by atoms with Crippen molar-refractivity contribution in [2.45, 2.75) is 31.7 Å². The lowest BCUT2D eigenvalue weighted by molar-refractivity contribution is -0.119. The quantitative estimate of drug-likeness (QED) is 0.423. The van der Waals surface area contributed by atoms with Gasteiger partial charge in [0.2, 0.25) is 11.8 Å². The largest absolute Gasteiger partial charge is 0.326 e. The molecule has 35 heavy (non-hydrogen) atoms. The normalized spacial score (nSPS) is 14.2. The Kier molecular flexibility index (Phi) is 8.00. The number of hydrogen-bond donors (Lipinski definition) is 3. The molecule has 0 saturated carbocycles. The minimum atomic E-state index is -0.812. The molecule has 1 aliphatic heterocycles. The molecule has 0 unspecified atom stereocenters. The fourth-order valence-corrected chi connectivity index (χ4v) is 4.08. The highest BCUT2D eigenvalue weighted by atomic mass is 35.5. The second-order valence-electron chi connectivity index (χ2n) is 8.39. The molecule has 4 rings (SSSR count). The van der Waals surface area contributed by atoms with Gasteiger partial charge in [0.05, 0.1) is 0 Å². The van der Waals surface area contributed by atoms with Crippen molar-refractivity contribution in [1.82, 2.24) is 5.32 Å². The molecule has 0 radical (unpaired) electrons. The highest BCUT2D eigenvalue weighted by molar-refractivity contribution is 6.30. The topological polar surface area (TPSA) is 90.5 Å². The molecular formula is C27H27ClN4O3. The molecular weight excluding hydrogens is 464 g/mol. The molecule has 180 valence electrons. The Bertz CT molecular complexity index is 1170. The molecule has 0 bridgehead atoms. The average molecular weight is 491 g/mol. The van der Waals surface area contributed by atoms with Crippen LogP contribution >= 0.6 is 11.6 Å². The Labute approximate surface area is 209 Å². The van der Waals surface area contributed by atoms with Crippen LogP contribution in [0, 0.1) is 0 Å². The van der Waals surface area contributed by atoms with Gasteiger partial charge in [0.25, 0.3) is 0 Å². The van der Waals surface area contributed by atoms with Crippen LogP contribution < -0.4 is 20.9 Å². The van der Waals surface area contributed by atoms with E-state index in [0.29, 0.717) is 35.8 Å². The van der Waals surface area contributed by atoms with Crippen molar-refractivity contribution >= 4 is 46.5 Å². The molecule has 1 heterocycles. The minimum Gasteiger partial charge on any atom is -0.326 e. The second-order valence-corrected chi connectivity index (χ2v) is 8.82. The SMILES string of the molecule is O=C(Nc1ccc(Cl)cc1)N[C@@H](Cc1ccccc1)C(=O)Nc1ccc(N2CCCCC2=O)cc1. The number of benzene rings is 3. The first-order valence-electron chi connectivity index (χ1n) is 11.6. The number of urea groups is 1. The predicted octanol–water partition coefficient (Wildman–Crippen LogP) is 5.23. The Morgan fingerprint density at radius 3 is 2.20 bits per heavy atom. The van der Waals surface area contributed by atoms with Crippen LogP contribution in [0.1, 0.15) is 24.8 Å². The lowest BCUT2D eigenvalue weighted by Crippen LogP contribution is -2.46. The van der Waals surface area contributed by atoms with Gasteiger partial charge in [0.1, 0.15) is 6.04 Å². The van der Waals surface area contributed by atoms with Gasteiger partial charge in [-0.1, -0.05) is 41.9 Å². The molecule has 7 nitrogen and oxygen atoms in total. The first-order valence-corrected chi connectivity index (χ1v) is 11.9. The number of carbonyl (C=O) groups is 3. The second kappa shape index (κ2) is 11.5. The Morgan fingerprint density at radius 2 is 1.51 bits per heavy atom. The number of nitrogens with zero attached hydrogens (tertiary/aromatic N) is 1. The monoisotopic (exact) mass is 490 g/mol. The van der Waals surface area contributed by atoms with E-state index in [4.69, 9.17) is 11.6 Å². The Morgan fingerprint density at radius 1 is 0.857 bits per heavy atom. The van der Waals surface area contributed by atoms with Crippen LogP contribution in [-0.4, -0.2) is 30.4 Å².